The van der Waals surface area contributed by atoms with Gasteiger partial charge in [0.05, 0.1) is 69.2 Å². The summed E-state index contributed by atoms with van der Waals surface area (Å²) in [5, 5.41) is 6.36. The van der Waals surface area contributed by atoms with Gasteiger partial charge in [-0.3, -0.25) is 19.4 Å². The highest BCUT2D eigenvalue weighted by Gasteiger charge is 2.64. The number of ether oxygens (including phenoxy) is 2. The maximum atomic E-state index is 13.6. The zero-order valence-corrected chi connectivity index (χ0v) is 48.8. The fraction of sp³-hybridized carbons (Fsp3) is 0.429. The SMILES string of the molecule is CC1(C)OB(B2OC(C)(C)C(C)(C)O2)OC1(C)C.CNC(=O)c1c(-c2ccc(F)cc2)oc2cc(N3CCOC3=O)c(B3OC(C)(C)C(C)(C)O3)cc12.CNC(=O)c1c(-c2ccc(F)cc2)oc2cc(N3CCOC3=O)c(Br)cc12. The molecule has 5 aliphatic heterocycles. The van der Waals surface area contributed by atoms with E-state index in [-0.39, 0.29) is 46.6 Å². The van der Waals surface area contributed by atoms with Gasteiger partial charge in [-0.15, -0.1) is 0 Å². The van der Waals surface area contributed by atoms with E-state index in [0.717, 1.165) is 0 Å². The minimum Gasteiger partial charge on any atom is -0.455 e. The molecule has 5 fully saturated rings. The molecule has 2 aromatic heterocycles. The van der Waals surface area contributed by atoms with Crippen LogP contribution in [0.5, 0.6) is 0 Å². The van der Waals surface area contributed by atoms with Crippen molar-refractivity contribution < 1.29 is 74.2 Å². The van der Waals surface area contributed by atoms with Crippen LogP contribution in [0.4, 0.5) is 29.7 Å². The van der Waals surface area contributed by atoms with E-state index in [9.17, 15) is 28.0 Å². The van der Waals surface area contributed by atoms with Crippen LogP contribution in [0, 0.1) is 11.6 Å². The first kappa shape index (κ1) is 58.4. The molecule has 4 amide bonds. The lowest BCUT2D eigenvalue weighted by Crippen LogP contribution is -2.41. The Balaban J connectivity index is 0.000000153. The number of benzene rings is 4. The van der Waals surface area contributed by atoms with Gasteiger partial charge in [0.25, 0.3) is 11.8 Å². The first-order valence-electron chi connectivity index (χ1n) is 26.2. The number of nitrogens with zero attached hydrogens (tertiary/aromatic N) is 2. The van der Waals surface area contributed by atoms with Gasteiger partial charge in [0.1, 0.15) is 47.5 Å². The zero-order valence-electron chi connectivity index (χ0n) is 47.2. The predicted molar refractivity (Wildman–Crippen MR) is 303 cm³/mol. The molecule has 0 aliphatic carbocycles. The topological polar surface area (TPSA) is 199 Å². The quantitative estimate of drug-likeness (QED) is 0.136. The summed E-state index contributed by atoms with van der Waals surface area (Å²) in [5.41, 5.74) is 1.58. The van der Waals surface area contributed by atoms with Gasteiger partial charge in [-0.1, -0.05) is 0 Å². The average molecular weight is 1170 g/mol. The van der Waals surface area contributed by atoms with Crippen LogP contribution in [0.3, 0.4) is 0 Å². The van der Waals surface area contributed by atoms with Crippen LogP contribution in [0.2, 0.25) is 0 Å². The van der Waals surface area contributed by atoms with Gasteiger partial charge >= 0.3 is 33.3 Å². The maximum absolute atomic E-state index is 13.6. The molecule has 4 aromatic carbocycles. The molecule has 0 unspecified atom stereocenters. The van der Waals surface area contributed by atoms with Gasteiger partial charge in [-0.25, -0.2) is 18.4 Å². The minimum absolute atomic E-state index is 0.252. The van der Waals surface area contributed by atoms with E-state index in [1.165, 1.54) is 48.2 Å². The molecule has 6 aromatic rings. The Bertz CT molecular complexity index is 3320. The van der Waals surface area contributed by atoms with Crippen molar-refractivity contribution in [1.29, 1.82) is 0 Å². The maximum Gasteiger partial charge on any atom is 0.497 e. The van der Waals surface area contributed by atoms with E-state index >= 15 is 0 Å². The van der Waals surface area contributed by atoms with Crippen LogP contribution in [0.25, 0.3) is 44.6 Å². The van der Waals surface area contributed by atoms with Crippen LogP contribution < -0.4 is 25.9 Å². The molecule has 18 nitrogen and oxygen atoms in total. The molecule has 0 spiro atoms. The normalized spacial score (nSPS) is 20.1. The number of rotatable bonds is 8. The molecule has 0 radical (unpaired) electrons. The Morgan fingerprint density at radius 2 is 0.875 bits per heavy atom. The van der Waals surface area contributed by atoms with Gasteiger partial charge in [0, 0.05) is 58.1 Å². The van der Waals surface area contributed by atoms with Crippen molar-refractivity contribution in [3.8, 4) is 22.6 Å². The standard InChI is InChI=1S/C25H26BFN2O6.C19H14BrFN2O4.C12H24B2O4/c1-24(2)25(3,4)35-26(34-24)17-12-16-19(13-18(17)29-10-11-32-23(29)31)33-21(20(16)22(30)28-5)14-6-8-15(27)9-7-14;1-22-18(24)16-12-8-13(20)14(23-6-7-26-19(23)25)9-15(12)27-17(16)10-2-4-11(21)5-3-10;1-9(2)10(3,4)16-13(15-9)14-17-11(5,6)12(7,8)18-14/h6-9,12-13H,10-11H2,1-5H3,(H,28,30);2-5,8-9H,6-7H2,1H3,(H,22,24);1-8H3. The summed E-state index contributed by atoms with van der Waals surface area (Å²) in [7, 11) is 1.31. The molecule has 5 aliphatic rings. The number of fused-ring (bicyclic) bond motifs is 2. The number of furan rings is 2. The molecule has 0 atom stereocenters. The van der Waals surface area contributed by atoms with E-state index in [1.807, 2.05) is 83.1 Å². The Morgan fingerprint density at radius 1 is 0.525 bits per heavy atom. The van der Waals surface area contributed by atoms with E-state index in [1.54, 1.807) is 48.5 Å². The number of anilines is 2. The molecule has 422 valence electrons. The van der Waals surface area contributed by atoms with Crippen molar-refractivity contribution in [2.45, 2.75) is 117 Å². The molecule has 0 saturated carbocycles. The lowest BCUT2D eigenvalue weighted by molar-refractivity contribution is 0.00578. The average Bonchev–Trinajstić information content (AvgIpc) is 4.47. The van der Waals surface area contributed by atoms with E-state index < -0.39 is 50.3 Å². The highest BCUT2D eigenvalue weighted by atomic mass is 79.9. The summed E-state index contributed by atoms with van der Waals surface area (Å²) < 4.78 is 86.2. The summed E-state index contributed by atoms with van der Waals surface area (Å²) in [5.74, 6) is -0.847. The summed E-state index contributed by atoms with van der Waals surface area (Å²) in [6.45, 7) is 25.3. The minimum atomic E-state index is -0.797. The number of carbonyl (C=O) groups excluding carboxylic acids is 4. The van der Waals surface area contributed by atoms with Gasteiger partial charge in [-0.2, -0.15) is 0 Å². The molecule has 0 bridgehead atoms. The highest BCUT2D eigenvalue weighted by Crippen LogP contribution is 2.45. The third-order valence-corrected chi connectivity index (χ3v) is 16.7. The number of carbonyl (C=O) groups is 4. The van der Waals surface area contributed by atoms with Gasteiger partial charge in [-0.05, 0) is 160 Å². The molecule has 11 rings (SSSR count). The monoisotopic (exact) mass is 1170 g/mol. The fourth-order valence-electron chi connectivity index (χ4n) is 9.39. The summed E-state index contributed by atoms with van der Waals surface area (Å²) in [6.07, 6.45) is -0.925. The fourth-order valence-corrected chi connectivity index (χ4v) is 9.95. The number of cyclic esters (lactones) is 2. The third kappa shape index (κ3) is 10.7. The lowest BCUT2D eigenvalue weighted by atomic mass is 9.49. The molecule has 24 heteroatoms. The van der Waals surface area contributed by atoms with E-state index in [4.69, 9.17) is 46.2 Å². The molecule has 5 saturated heterocycles. The van der Waals surface area contributed by atoms with Gasteiger partial charge < -0.3 is 56.9 Å². The van der Waals surface area contributed by atoms with Crippen molar-refractivity contribution in [1.82, 2.24) is 10.6 Å². The van der Waals surface area contributed by atoms with Crippen molar-refractivity contribution >= 4 is 99.8 Å². The van der Waals surface area contributed by atoms with Crippen molar-refractivity contribution in [3.05, 3.63) is 100 Å². The van der Waals surface area contributed by atoms with E-state index in [0.29, 0.717) is 96.7 Å². The largest absolute Gasteiger partial charge is 0.497 e. The highest BCUT2D eigenvalue weighted by molar-refractivity contribution is 9.10. The van der Waals surface area contributed by atoms with Gasteiger partial charge in [0.15, 0.2) is 0 Å². The first-order chi connectivity index (χ1) is 37.4. The molecular weight excluding hydrogens is 1100 g/mol. The molecule has 7 heterocycles. The predicted octanol–water partition coefficient (Wildman–Crippen LogP) is 10.4. The number of hydrogen-bond donors (Lipinski definition) is 2. The second-order valence-corrected chi connectivity index (χ2v) is 23.7. The summed E-state index contributed by atoms with van der Waals surface area (Å²) in [6, 6.07) is 18.3. The second kappa shape index (κ2) is 21.2. The van der Waals surface area contributed by atoms with E-state index in [2.05, 4.69) is 26.6 Å². The second-order valence-electron chi connectivity index (χ2n) is 22.9. The lowest BCUT2D eigenvalue weighted by Gasteiger charge is -2.32. The Kier molecular flexibility index (Phi) is 15.5. The third-order valence-electron chi connectivity index (χ3n) is 16.1. The van der Waals surface area contributed by atoms with Crippen LogP contribution in [0.15, 0.2) is 86.1 Å². The Hall–Kier alpha value is -6.27. The van der Waals surface area contributed by atoms with Crippen molar-refractivity contribution in [3.63, 3.8) is 0 Å². The first-order valence-corrected chi connectivity index (χ1v) is 27.0. The van der Waals surface area contributed by atoms with Crippen LogP contribution in [-0.4, -0.2) is 119 Å². The number of amides is 4. The Labute approximate surface area is 472 Å². The molecular formula is C56H64B3BrF2N4O14. The van der Waals surface area contributed by atoms with Crippen LogP contribution in [0.1, 0.15) is 104 Å². The van der Waals surface area contributed by atoms with Crippen molar-refractivity contribution in [2.75, 3.05) is 50.2 Å². The summed E-state index contributed by atoms with van der Waals surface area (Å²) >= 11 is 3.46. The molecule has 80 heavy (non-hydrogen) atoms. The van der Waals surface area contributed by atoms with Crippen molar-refractivity contribution in [2.24, 2.45) is 0 Å². The van der Waals surface area contributed by atoms with Crippen LogP contribution >= 0.6 is 15.9 Å². The number of hydrogen-bond acceptors (Lipinski definition) is 14. The zero-order chi connectivity index (χ0) is 58.2. The van der Waals surface area contributed by atoms with Gasteiger partial charge in [0.2, 0.25) is 0 Å². The smallest absolute Gasteiger partial charge is 0.455 e. The Morgan fingerprint density at radius 3 is 1.24 bits per heavy atom. The number of halogens is 3. The number of nitrogens with one attached hydrogen (secondary N) is 2. The molecule has 2 N–H and O–H groups in total. The summed E-state index contributed by atoms with van der Waals surface area (Å²) in [4.78, 5) is 52.9. The van der Waals surface area contributed by atoms with Crippen LogP contribution in [-0.2, 0) is 37.4 Å².